The minimum Gasteiger partial charge on any atom is -0.364 e. The van der Waals surface area contributed by atoms with E-state index in [-0.39, 0.29) is 11.5 Å². The Bertz CT molecular complexity index is 1050. The summed E-state index contributed by atoms with van der Waals surface area (Å²) >= 11 is 0. The van der Waals surface area contributed by atoms with Crippen LogP contribution >= 0.6 is 0 Å². The number of imidazole rings is 2. The predicted octanol–water partition coefficient (Wildman–Crippen LogP) is 2.02. The smallest absolute Gasteiger partial charge is 0.269 e. The van der Waals surface area contributed by atoms with Crippen LogP contribution in [0, 0.1) is 5.82 Å². The van der Waals surface area contributed by atoms with Gasteiger partial charge in [0.15, 0.2) is 5.65 Å². The lowest BCUT2D eigenvalue weighted by molar-refractivity contribution is 0.0993. The zero-order valence-electron chi connectivity index (χ0n) is 12.3. The summed E-state index contributed by atoms with van der Waals surface area (Å²) < 4.78 is 14.5. The number of nitrogens with one attached hydrogen (secondary N) is 1. The van der Waals surface area contributed by atoms with E-state index in [2.05, 4.69) is 20.1 Å². The highest BCUT2D eigenvalue weighted by Gasteiger charge is 2.15. The van der Waals surface area contributed by atoms with Gasteiger partial charge in [0.05, 0.1) is 23.9 Å². The fraction of sp³-hybridized carbons (Fsp3) is 0. The Kier molecular flexibility index (Phi) is 3.09. The van der Waals surface area contributed by atoms with Gasteiger partial charge in [0.2, 0.25) is 0 Å². The van der Waals surface area contributed by atoms with Crippen molar-refractivity contribution in [2.75, 3.05) is 0 Å². The number of halogens is 1. The third-order valence-electron chi connectivity index (χ3n) is 3.63. The number of carbonyl (C=O) groups is 1. The van der Waals surface area contributed by atoms with Crippen LogP contribution in [0.25, 0.3) is 28.3 Å². The third-order valence-corrected chi connectivity index (χ3v) is 3.63. The number of primary amides is 1. The van der Waals surface area contributed by atoms with Gasteiger partial charge in [-0.15, -0.1) is 0 Å². The van der Waals surface area contributed by atoms with Crippen LogP contribution in [-0.4, -0.2) is 30.5 Å². The summed E-state index contributed by atoms with van der Waals surface area (Å²) in [6.07, 6.45) is 2.91. The standard InChI is InChI=1S/C16H11FN6O/c17-10-3-1-9(2-4-10)14-15(21-8-20-14)11-5-6-13-19-7-12(16(18)24)23(13)22-11/h1-8H,(H2,18,24)(H,20,21). The molecule has 0 aliphatic rings. The summed E-state index contributed by atoms with van der Waals surface area (Å²) in [5.41, 5.74) is 8.61. The Morgan fingerprint density at radius 3 is 2.67 bits per heavy atom. The number of rotatable bonds is 3. The molecule has 0 fully saturated rings. The molecule has 1 aromatic carbocycles. The lowest BCUT2D eigenvalue weighted by Crippen LogP contribution is -2.15. The average Bonchev–Trinajstić information content (AvgIpc) is 3.21. The van der Waals surface area contributed by atoms with Crippen molar-refractivity contribution in [3.63, 3.8) is 0 Å². The molecular formula is C16H11FN6O. The van der Waals surface area contributed by atoms with Gasteiger partial charge in [-0.3, -0.25) is 4.79 Å². The van der Waals surface area contributed by atoms with Gasteiger partial charge in [-0.05, 0) is 36.4 Å². The number of amides is 1. The molecule has 0 bridgehead atoms. The van der Waals surface area contributed by atoms with Crippen LogP contribution in [0.4, 0.5) is 4.39 Å². The predicted molar refractivity (Wildman–Crippen MR) is 84.5 cm³/mol. The Morgan fingerprint density at radius 1 is 1.12 bits per heavy atom. The highest BCUT2D eigenvalue weighted by atomic mass is 19.1. The quantitative estimate of drug-likeness (QED) is 0.602. The number of fused-ring (bicyclic) bond motifs is 1. The highest BCUT2D eigenvalue weighted by Crippen LogP contribution is 2.28. The van der Waals surface area contributed by atoms with Crippen molar-refractivity contribution in [3.05, 3.63) is 60.4 Å². The van der Waals surface area contributed by atoms with Gasteiger partial charge >= 0.3 is 0 Å². The molecule has 24 heavy (non-hydrogen) atoms. The molecule has 0 saturated carbocycles. The summed E-state index contributed by atoms with van der Waals surface area (Å²) in [5.74, 6) is -0.935. The minimum absolute atomic E-state index is 0.190. The molecule has 3 heterocycles. The van der Waals surface area contributed by atoms with Crippen molar-refractivity contribution in [2.45, 2.75) is 0 Å². The van der Waals surface area contributed by atoms with Crippen LogP contribution in [0.1, 0.15) is 10.5 Å². The maximum absolute atomic E-state index is 13.1. The normalized spacial score (nSPS) is 11.0. The van der Waals surface area contributed by atoms with Crippen LogP contribution < -0.4 is 5.73 Å². The SMILES string of the molecule is NC(=O)c1cnc2ccc(-c3[nH]cnc3-c3ccc(F)cc3)nn12. The second-order valence-corrected chi connectivity index (χ2v) is 5.13. The molecule has 118 valence electrons. The molecule has 0 aliphatic heterocycles. The first-order valence-electron chi connectivity index (χ1n) is 7.08. The lowest BCUT2D eigenvalue weighted by Gasteiger charge is -2.04. The molecule has 3 N–H and O–H groups in total. The topological polar surface area (TPSA) is 102 Å². The number of hydrogen-bond donors (Lipinski definition) is 2. The van der Waals surface area contributed by atoms with Gasteiger partial charge < -0.3 is 10.7 Å². The first-order valence-corrected chi connectivity index (χ1v) is 7.08. The highest BCUT2D eigenvalue weighted by molar-refractivity contribution is 5.91. The Balaban J connectivity index is 1.87. The molecule has 0 unspecified atom stereocenters. The van der Waals surface area contributed by atoms with E-state index in [0.29, 0.717) is 22.7 Å². The second-order valence-electron chi connectivity index (χ2n) is 5.13. The Hall–Kier alpha value is -3.55. The van der Waals surface area contributed by atoms with E-state index in [9.17, 15) is 9.18 Å². The molecule has 0 spiro atoms. The van der Waals surface area contributed by atoms with Gasteiger partial charge in [-0.2, -0.15) is 5.10 Å². The number of aromatic nitrogens is 5. The van der Waals surface area contributed by atoms with E-state index < -0.39 is 5.91 Å². The van der Waals surface area contributed by atoms with Gasteiger partial charge in [-0.25, -0.2) is 18.9 Å². The van der Waals surface area contributed by atoms with Crippen molar-refractivity contribution in [3.8, 4) is 22.6 Å². The van der Waals surface area contributed by atoms with Crippen molar-refractivity contribution < 1.29 is 9.18 Å². The third kappa shape index (κ3) is 2.21. The zero-order chi connectivity index (χ0) is 16.7. The fourth-order valence-electron chi connectivity index (χ4n) is 2.49. The molecule has 7 nitrogen and oxygen atoms in total. The van der Waals surface area contributed by atoms with Crippen molar-refractivity contribution in [2.24, 2.45) is 5.73 Å². The first kappa shape index (κ1) is 14.1. The number of hydrogen-bond acceptors (Lipinski definition) is 4. The number of aromatic amines is 1. The van der Waals surface area contributed by atoms with Crippen molar-refractivity contribution in [1.82, 2.24) is 24.6 Å². The molecule has 4 rings (SSSR count). The average molecular weight is 322 g/mol. The number of H-pyrrole nitrogens is 1. The molecule has 4 aromatic rings. The van der Waals surface area contributed by atoms with Crippen molar-refractivity contribution >= 4 is 11.6 Å². The zero-order valence-corrected chi connectivity index (χ0v) is 12.3. The summed E-state index contributed by atoms with van der Waals surface area (Å²) in [4.78, 5) is 22.9. The molecule has 1 amide bonds. The monoisotopic (exact) mass is 322 g/mol. The lowest BCUT2D eigenvalue weighted by atomic mass is 10.1. The summed E-state index contributed by atoms with van der Waals surface area (Å²) in [7, 11) is 0. The second kappa shape index (κ2) is 5.27. The summed E-state index contributed by atoms with van der Waals surface area (Å²) in [6, 6.07) is 9.49. The van der Waals surface area contributed by atoms with E-state index in [0.717, 1.165) is 5.56 Å². The molecule has 3 aromatic heterocycles. The van der Waals surface area contributed by atoms with Gasteiger partial charge in [-0.1, -0.05) is 0 Å². The van der Waals surface area contributed by atoms with Crippen molar-refractivity contribution in [1.29, 1.82) is 0 Å². The van der Waals surface area contributed by atoms with E-state index in [1.165, 1.54) is 29.2 Å². The Labute approximate surface area is 135 Å². The molecule has 0 radical (unpaired) electrons. The van der Waals surface area contributed by atoms with E-state index in [1.807, 2.05) is 0 Å². The summed E-state index contributed by atoms with van der Waals surface area (Å²) in [6.45, 7) is 0. The van der Waals surface area contributed by atoms with Gasteiger partial charge in [0, 0.05) is 5.56 Å². The van der Waals surface area contributed by atoms with Crippen LogP contribution in [0.5, 0.6) is 0 Å². The molecular weight excluding hydrogens is 311 g/mol. The fourth-order valence-corrected chi connectivity index (χ4v) is 2.49. The molecule has 0 atom stereocenters. The van der Waals surface area contributed by atoms with E-state index in [1.54, 1.807) is 24.3 Å². The van der Waals surface area contributed by atoms with Gasteiger partial charge in [0.1, 0.15) is 17.2 Å². The van der Waals surface area contributed by atoms with Gasteiger partial charge in [0.25, 0.3) is 5.91 Å². The molecule has 0 aliphatic carbocycles. The molecule has 0 saturated heterocycles. The van der Waals surface area contributed by atoms with Crippen LogP contribution in [0.2, 0.25) is 0 Å². The molecule has 8 heteroatoms. The number of nitrogens with two attached hydrogens (primary N) is 1. The van der Waals surface area contributed by atoms with Crippen LogP contribution in [0.3, 0.4) is 0 Å². The minimum atomic E-state index is -0.615. The maximum atomic E-state index is 13.1. The number of benzene rings is 1. The van der Waals surface area contributed by atoms with Crippen LogP contribution in [0.15, 0.2) is 48.9 Å². The van der Waals surface area contributed by atoms with E-state index in [4.69, 9.17) is 5.73 Å². The summed E-state index contributed by atoms with van der Waals surface area (Å²) in [5, 5.41) is 4.41. The Morgan fingerprint density at radius 2 is 1.92 bits per heavy atom. The number of carbonyl (C=O) groups excluding carboxylic acids is 1. The largest absolute Gasteiger partial charge is 0.364 e. The maximum Gasteiger partial charge on any atom is 0.269 e. The van der Waals surface area contributed by atoms with Crippen LogP contribution in [-0.2, 0) is 0 Å². The number of nitrogens with zero attached hydrogens (tertiary/aromatic N) is 4. The first-order chi connectivity index (χ1) is 11.6. The van der Waals surface area contributed by atoms with E-state index >= 15 is 0 Å².